The number of piperidine rings is 1. The Morgan fingerprint density at radius 3 is 2.78 bits per heavy atom. The molecule has 2 aromatic heterocycles. The molecule has 2 aliphatic rings. The average molecular weight is 466 g/mol. The molecule has 32 heavy (non-hydrogen) atoms. The molecule has 1 atom stereocenters. The van der Waals surface area contributed by atoms with Crippen molar-refractivity contribution in [3.63, 3.8) is 0 Å². The minimum Gasteiger partial charge on any atom is -0.339 e. The molecule has 0 bridgehead atoms. The molecular weight excluding hydrogens is 434 g/mol. The number of aryl methyl sites for hydroxylation is 4. The number of carbonyl (C=O) groups excluding carboxylic acids is 1. The Bertz CT molecular complexity index is 1100. The van der Waals surface area contributed by atoms with Crippen molar-refractivity contribution in [2.45, 2.75) is 75.8 Å². The van der Waals surface area contributed by atoms with Gasteiger partial charge in [-0.15, -0.1) is 11.3 Å². The second-order valence-electron chi connectivity index (χ2n) is 9.04. The molecule has 1 saturated heterocycles. The van der Waals surface area contributed by atoms with Gasteiger partial charge >= 0.3 is 0 Å². The SMILES string of the molecule is CC1CCCCN1C(=O)CSc1nc(CCc2ccccc2)nc2sc3c(c12)CCCC3. The van der Waals surface area contributed by atoms with Crippen LogP contribution < -0.4 is 0 Å². The predicted molar refractivity (Wildman–Crippen MR) is 134 cm³/mol. The van der Waals surface area contributed by atoms with E-state index in [0.29, 0.717) is 11.8 Å². The van der Waals surface area contributed by atoms with Gasteiger partial charge in [0, 0.05) is 29.3 Å². The summed E-state index contributed by atoms with van der Waals surface area (Å²) in [5, 5.41) is 2.26. The Morgan fingerprint density at radius 2 is 1.94 bits per heavy atom. The number of amides is 1. The molecule has 5 rings (SSSR count). The number of hydrogen-bond donors (Lipinski definition) is 0. The number of thioether (sulfide) groups is 1. The predicted octanol–water partition coefficient (Wildman–Crippen LogP) is 5.85. The maximum Gasteiger partial charge on any atom is 0.233 e. The molecule has 1 aromatic carbocycles. The first-order valence-electron chi connectivity index (χ1n) is 12.0. The Hall–Kier alpha value is -1.92. The van der Waals surface area contributed by atoms with E-state index in [1.54, 1.807) is 11.8 Å². The first kappa shape index (κ1) is 21.9. The first-order chi connectivity index (χ1) is 15.7. The fourth-order valence-electron chi connectivity index (χ4n) is 4.96. The van der Waals surface area contributed by atoms with Gasteiger partial charge in [0.15, 0.2) is 0 Å². The van der Waals surface area contributed by atoms with E-state index in [0.717, 1.165) is 60.8 Å². The lowest BCUT2D eigenvalue weighted by molar-refractivity contribution is -0.131. The number of nitrogens with zero attached hydrogens (tertiary/aromatic N) is 3. The number of hydrogen-bond acceptors (Lipinski definition) is 5. The van der Waals surface area contributed by atoms with Crippen molar-refractivity contribution in [3.05, 3.63) is 52.2 Å². The van der Waals surface area contributed by atoms with Crippen molar-refractivity contribution in [2.75, 3.05) is 12.3 Å². The van der Waals surface area contributed by atoms with Crippen LogP contribution in [0.2, 0.25) is 0 Å². The van der Waals surface area contributed by atoms with Gasteiger partial charge in [-0.2, -0.15) is 0 Å². The van der Waals surface area contributed by atoms with Crippen LogP contribution in [-0.2, 0) is 30.5 Å². The lowest BCUT2D eigenvalue weighted by atomic mass is 9.97. The number of likely N-dealkylation sites (tertiary alicyclic amines) is 1. The standard InChI is InChI=1S/C26H31N3OS2/c1-18-9-7-8-16-29(18)23(30)17-31-25-24-20-12-5-6-13-21(20)32-26(24)28-22(27-25)15-14-19-10-3-2-4-11-19/h2-4,10-11,18H,5-9,12-17H2,1H3. The Morgan fingerprint density at radius 1 is 1.09 bits per heavy atom. The van der Waals surface area contributed by atoms with Crippen molar-refractivity contribution in [1.82, 2.24) is 14.9 Å². The van der Waals surface area contributed by atoms with Gasteiger partial charge in [-0.1, -0.05) is 42.1 Å². The van der Waals surface area contributed by atoms with E-state index in [2.05, 4.69) is 42.2 Å². The molecule has 1 aliphatic heterocycles. The number of benzene rings is 1. The largest absolute Gasteiger partial charge is 0.339 e. The lowest BCUT2D eigenvalue weighted by Gasteiger charge is -2.33. The van der Waals surface area contributed by atoms with Gasteiger partial charge < -0.3 is 4.90 Å². The van der Waals surface area contributed by atoms with Crippen LogP contribution in [0.5, 0.6) is 0 Å². The minimum atomic E-state index is 0.254. The van der Waals surface area contributed by atoms with Gasteiger partial charge in [-0.25, -0.2) is 9.97 Å². The Balaban J connectivity index is 1.40. The van der Waals surface area contributed by atoms with Crippen LogP contribution >= 0.6 is 23.1 Å². The van der Waals surface area contributed by atoms with Crippen LogP contribution in [0.1, 0.15) is 60.9 Å². The highest BCUT2D eigenvalue weighted by Crippen LogP contribution is 2.40. The van der Waals surface area contributed by atoms with Gasteiger partial charge in [-0.05, 0) is 69.4 Å². The third-order valence-electron chi connectivity index (χ3n) is 6.76. The zero-order chi connectivity index (χ0) is 21.9. The molecule has 3 heterocycles. The summed E-state index contributed by atoms with van der Waals surface area (Å²) < 4.78 is 0. The topological polar surface area (TPSA) is 46.1 Å². The number of aromatic nitrogens is 2. The van der Waals surface area contributed by atoms with E-state index < -0.39 is 0 Å². The fourth-order valence-corrected chi connectivity index (χ4v) is 7.27. The molecule has 0 N–H and O–H groups in total. The summed E-state index contributed by atoms with van der Waals surface area (Å²) >= 11 is 3.48. The van der Waals surface area contributed by atoms with Crippen molar-refractivity contribution >= 4 is 39.2 Å². The number of fused-ring (bicyclic) bond motifs is 3. The molecule has 1 amide bonds. The number of rotatable bonds is 6. The van der Waals surface area contributed by atoms with Crippen LogP contribution in [0, 0.1) is 0 Å². The number of carbonyl (C=O) groups is 1. The van der Waals surface area contributed by atoms with E-state index in [1.165, 1.54) is 40.7 Å². The molecule has 3 aromatic rings. The maximum atomic E-state index is 13.0. The van der Waals surface area contributed by atoms with Gasteiger partial charge in [0.05, 0.1) is 5.75 Å². The average Bonchev–Trinajstić information content (AvgIpc) is 3.20. The summed E-state index contributed by atoms with van der Waals surface area (Å²) in [7, 11) is 0. The monoisotopic (exact) mass is 465 g/mol. The molecular formula is C26H31N3OS2. The summed E-state index contributed by atoms with van der Waals surface area (Å²) in [5.74, 6) is 1.63. The van der Waals surface area contributed by atoms with Crippen LogP contribution in [0.15, 0.2) is 35.4 Å². The number of thiophene rings is 1. The van der Waals surface area contributed by atoms with Crippen molar-refractivity contribution in [3.8, 4) is 0 Å². The molecule has 6 heteroatoms. The van der Waals surface area contributed by atoms with Gasteiger partial charge in [-0.3, -0.25) is 4.79 Å². The highest BCUT2D eigenvalue weighted by atomic mass is 32.2. The second-order valence-corrected chi connectivity index (χ2v) is 11.1. The van der Waals surface area contributed by atoms with Crippen LogP contribution in [0.25, 0.3) is 10.2 Å². The maximum absolute atomic E-state index is 13.0. The minimum absolute atomic E-state index is 0.254. The lowest BCUT2D eigenvalue weighted by Crippen LogP contribution is -2.42. The van der Waals surface area contributed by atoms with Crippen molar-refractivity contribution in [1.29, 1.82) is 0 Å². The van der Waals surface area contributed by atoms with Gasteiger partial charge in [0.1, 0.15) is 15.7 Å². The highest BCUT2D eigenvalue weighted by Gasteiger charge is 2.25. The molecule has 0 saturated carbocycles. The highest BCUT2D eigenvalue weighted by molar-refractivity contribution is 8.00. The van der Waals surface area contributed by atoms with E-state index in [1.807, 2.05) is 11.3 Å². The molecule has 1 unspecified atom stereocenters. The molecule has 1 fully saturated rings. The molecule has 0 radical (unpaired) electrons. The summed E-state index contributed by atoms with van der Waals surface area (Å²) in [6.07, 6.45) is 10.0. The van der Waals surface area contributed by atoms with E-state index in [4.69, 9.17) is 9.97 Å². The third-order valence-corrected chi connectivity index (χ3v) is 8.91. The summed E-state index contributed by atoms with van der Waals surface area (Å²) in [6.45, 7) is 3.08. The zero-order valence-electron chi connectivity index (χ0n) is 18.8. The van der Waals surface area contributed by atoms with Gasteiger partial charge in [0.2, 0.25) is 5.91 Å². The van der Waals surface area contributed by atoms with Gasteiger partial charge in [0.25, 0.3) is 0 Å². The van der Waals surface area contributed by atoms with Crippen LogP contribution in [0.3, 0.4) is 0 Å². The molecule has 0 spiro atoms. The Kier molecular flexibility index (Phi) is 6.79. The molecule has 4 nitrogen and oxygen atoms in total. The smallest absolute Gasteiger partial charge is 0.233 e. The summed E-state index contributed by atoms with van der Waals surface area (Å²) in [4.78, 5) is 27.7. The third kappa shape index (κ3) is 4.72. The van der Waals surface area contributed by atoms with Crippen LogP contribution in [-0.4, -0.2) is 39.1 Å². The fraction of sp³-hybridized carbons (Fsp3) is 0.500. The van der Waals surface area contributed by atoms with Crippen molar-refractivity contribution in [2.24, 2.45) is 0 Å². The van der Waals surface area contributed by atoms with E-state index >= 15 is 0 Å². The molecule has 168 valence electrons. The van der Waals surface area contributed by atoms with E-state index in [-0.39, 0.29) is 5.91 Å². The van der Waals surface area contributed by atoms with E-state index in [9.17, 15) is 4.79 Å². The van der Waals surface area contributed by atoms with Crippen molar-refractivity contribution < 1.29 is 4.79 Å². The second kappa shape index (κ2) is 9.92. The zero-order valence-corrected chi connectivity index (χ0v) is 20.4. The first-order valence-corrected chi connectivity index (χ1v) is 13.8. The Labute approximate surface area is 198 Å². The summed E-state index contributed by atoms with van der Waals surface area (Å²) in [5.41, 5.74) is 2.76. The molecule has 1 aliphatic carbocycles. The normalized spacial score (nSPS) is 18.7. The quantitative estimate of drug-likeness (QED) is 0.338. The summed E-state index contributed by atoms with van der Waals surface area (Å²) in [6, 6.07) is 10.9. The van der Waals surface area contributed by atoms with Crippen LogP contribution in [0.4, 0.5) is 0 Å².